The van der Waals surface area contributed by atoms with E-state index in [2.05, 4.69) is 19.2 Å². The minimum absolute atomic E-state index is 0.175. The molecule has 1 unspecified atom stereocenters. The summed E-state index contributed by atoms with van der Waals surface area (Å²) in [6.07, 6.45) is 5.45. The first-order valence-electron chi connectivity index (χ1n) is 11.7. The molecule has 1 aromatic heterocycles. The number of carbonyl (C=O) groups excluding carboxylic acids is 1. The van der Waals surface area contributed by atoms with Gasteiger partial charge in [-0.15, -0.1) is 5.10 Å². The third kappa shape index (κ3) is 4.65. The Morgan fingerprint density at radius 1 is 1.16 bits per heavy atom. The number of anilines is 1. The lowest BCUT2D eigenvalue weighted by Crippen LogP contribution is -2.31. The number of fused-ring (bicyclic) bond motifs is 1. The number of thioether (sulfide) groups is 1. The van der Waals surface area contributed by atoms with Gasteiger partial charge in [-0.25, -0.2) is 4.68 Å². The second-order valence-electron chi connectivity index (χ2n) is 8.05. The van der Waals surface area contributed by atoms with Crippen LogP contribution in [0.1, 0.15) is 70.9 Å². The summed E-state index contributed by atoms with van der Waals surface area (Å²) in [7, 11) is 0. The van der Waals surface area contributed by atoms with Crippen LogP contribution < -0.4 is 14.8 Å². The highest BCUT2D eigenvalue weighted by Crippen LogP contribution is 2.42. The fourth-order valence-corrected chi connectivity index (χ4v) is 5.02. The van der Waals surface area contributed by atoms with Crippen molar-refractivity contribution in [2.24, 2.45) is 0 Å². The summed E-state index contributed by atoms with van der Waals surface area (Å²) in [5.74, 6) is 3.28. The standard InChI is InChI=1S/C24H32N4O3S/c1-4-7-14-32-24-26-23-25-17-9-8-10-18(29)21(17)22(28(23)27-24)16-11-12-19(31-13-5-2)20(15-16)30-6-3/h11-12,15,22H,4-10,13-14H2,1-3H3,(H,25,26,27). The molecule has 1 atom stereocenters. The molecule has 0 saturated heterocycles. The number of nitrogens with one attached hydrogen (secondary N) is 1. The number of ketones is 1. The Morgan fingerprint density at radius 2 is 2.03 bits per heavy atom. The smallest absolute Gasteiger partial charge is 0.227 e. The summed E-state index contributed by atoms with van der Waals surface area (Å²) in [5, 5.41) is 8.94. The molecule has 4 rings (SSSR count). The fraction of sp³-hybridized carbons (Fsp3) is 0.542. The molecule has 0 radical (unpaired) electrons. The second kappa shape index (κ2) is 10.4. The SMILES string of the molecule is CCCCSc1nc2n(n1)C(c1ccc(OCCC)c(OCC)c1)C1=C(CCCC1=O)N2. The Balaban J connectivity index is 1.75. The van der Waals surface area contributed by atoms with Gasteiger partial charge in [-0.3, -0.25) is 4.79 Å². The zero-order chi connectivity index (χ0) is 22.5. The van der Waals surface area contributed by atoms with Gasteiger partial charge in [-0.2, -0.15) is 4.98 Å². The highest BCUT2D eigenvalue weighted by Gasteiger charge is 2.37. The second-order valence-corrected chi connectivity index (χ2v) is 9.11. The molecule has 2 heterocycles. The molecule has 2 aliphatic rings. The third-order valence-corrected chi connectivity index (χ3v) is 6.55. The van der Waals surface area contributed by atoms with Crippen molar-refractivity contribution in [3.8, 4) is 11.5 Å². The molecule has 1 aliphatic carbocycles. The van der Waals surface area contributed by atoms with Gasteiger partial charge in [0.25, 0.3) is 0 Å². The van der Waals surface area contributed by atoms with Gasteiger partial charge in [0, 0.05) is 23.4 Å². The number of hydrogen-bond acceptors (Lipinski definition) is 7. The molecule has 0 saturated carbocycles. The number of allylic oxidation sites excluding steroid dienone is 2. The molecule has 1 aliphatic heterocycles. The fourth-order valence-electron chi connectivity index (χ4n) is 4.11. The predicted octanol–water partition coefficient (Wildman–Crippen LogP) is 5.38. The van der Waals surface area contributed by atoms with Crippen molar-refractivity contribution >= 4 is 23.5 Å². The molecule has 0 spiro atoms. The van der Waals surface area contributed by atoms with Crippen LogP contribution in [0.3, 0.4) is 0 Å². The molecule has 2 aromatic rings. The van der Waals surface area contributed by atoms with E-state index in [0.29, 0.717) is 31.3 Å². The first-order chi connectivity index (χ1) is 15.7. The number of hydrogen-bond donors (Lipinski definition) is 1. The van der Waals surface area contributed by atoms with Crippen LogP contribution >= 0.6 is 11.8 Å². The van der Waals surface area contributed by atoms with E-state index in [9.17, 15) is 4.79 Å². The first kappa shape index (κ1) is 22.7. The average molecular weight is 457 g/mol. The maximum atomic E-state index is 13.0. The summed E-state index contributed by atoms with van der Waals surface area (Å²) >= 11 is 1.66. The first-order valence-corrected chi connectivity index (χ1v) is 12.7. The summed E-state index contributed by atoms with van der Waals surface area (Å²) in [6.45, 7) is 7.39. The highest BCUT2D eigenvalue weighted by atomic mass is 32.2. The van der Waals surface area contributed by atoms with Crippen LogP contribution in [0.4, 0.5) is 5.95 Å². The van der Waals surface area contributed by atoms with Crippen LogP contribution in [-0.2, 0) is 4.79 Å². The van der Waals surface area contributed by atoms with Crippen molar-refractivity contribution in [3.63, 3.8) is 0 Å². The van der Waals surface area contributed by atoms with E-state index in [1.165, 1.54) is 0 Å². The van der Waals surface area contributed by atoms with Gasteiger partial charge >= 0.3 is 0 Å². The number of rotatable bonds is 10. The van der Waals surface area contributed by atoms with E-state index in [-0.39, 0.29) is 11.8 Å². The van der Waals surface area contributed by atoms with Crippen molar-refractivity contribution in [1.82, 2.24) is 14.8 Å². The molecule has 0 bridgehead atoms. The molecular weight excluding hydrogens is 424 g/mol. The van der Waals surface area contributed by atoms with Crippen molar-refractivity contribution in [2.75, 3.05) is 24.3 Å². The minimum Gasteiger partial charge on any atom is -0.490 e. The van der Waals surface area contributed by atoms with E-state index in [1.807, 2.05) is 29.8 Å². The van der Waals surface area contributed by atoms with Crippen molar-refractivity contribution in [1.29, 1.82) is 0 Å². The van der Waals surface area contributed by atoms with E-state index >= 15 is 0 Å². The lowest BCUT2D eigenvalue weighted by atomic mass is 9.85. The van der Waals surface area contributed by atoms with Gasteiger partial charge in [0.15, 0.2) is 17.3 Å². The lowest BCUT2D eigenvalue weighted by molar-refractivity contribution is -0.116. The largest absolute Gasteiger partial charge is 0.490 e. The maximum absolute atomic E-state index is 13.0. The van der Waals surface area contributed by atoms with Crippen molar-refractivity contribution in [3.05, 3.63) is 35.0 Å². The maximum Gasteiger partial charge on any atom is 0.227 e. The van der Waals surface area contributed by atoms with E-state index in [1.54, 1.807) is 11.8 Å². The van der Waals surface area contributed by atoms with E-state index in [0.717, 1.165) is 65.6 Å². The Hall–Kier alpha value is -2.48. The van der Waals surface area contributed by atoms with E-state index in [4.69, 9.17) is 19.6 Å². The minimum atomic E-state index is -0.318. The number of unbranched alkanes of at least 4 members (excludes halogenated alkanes) is 1. The third-order valence-electron chi connectivity index (χ3n) is 5.62. The molecule has 7 nitrogen and oxygen atoms in total. The number of nitrogens with zero attached hydrogens (tertiary/aromatic N) is 3. The lowest BCUT2D eigenvalue weighted by Gasteiger charge is -2.32. The van der Waals surface area contributed by atoms with Gasteiger partial charge in [0.1, 0.15) is 6.04 Å². The normalized spacial score (nSPS) is 17.6. The summed E-state index contributed by atoms with van der Waals surface area (Å²) in [6, 6.07) is 5.64. The number of carbonyl (C=O) groups is 1. The predicted molar refractivity (Wildman–Crippen MR) is 127 cm³/mol. The molecule has 172 valence electrons. The average Bonchev–Trinajstić information content (AvgIpc) is 3.19. The number of aromatic nitrogens is 3. The summed E-state index contributed by atoms with van der Waals surface area (Å²) < 4.78 is 13.6. The molecule has 0 fully saturated rings. The van der Waals surface area contributed by atoms with Crippen LogP contribution in [0.25, 0.3) is 0 Å². The quantitative estimate of drug-likeness (QED) is 0.380. The van der Waals surface area contributed by atoms with Crippen molar-refractivity contribution < 1.29 is 14.3 Å². The number of benzene rings is 1. The molecular formula is C24H32N4O3S. The highest BCUT2D eigenvalue weighted by molar-refractivity contribution is 7.99. The molecule has 1 aromatic carbocycles. The Morgan fingerprint density at radius 3 is 2.81 bits per heavy atom. The van der Waals surface area contributed by atoms with Gasteiger partial charge in [-0.05, 0) is 50.3 Å². The van der Waals surface area contributed by atoms with Crippen LogP contribution in [0.15, 0.2) is 34.6 Å². The zero-order valence-corrected chi connectivity index (χ0v) is 20.0. The number of ether oxygens (including phenoxy) is 2. The molecule has 32 heavy (non-hydrogen) atoms. The topological polar surface area (TPSA) is 78.3 Å². The van der Waals surface area contributed by atoms with Crippen LogP contribution in [0, 0.1) is 0 Å². The monoisotopic (exact) mass is 456 g/mol. The van der Waals surface area contributed by atoms with Crippen LogP contribution in [0.5, 0.6) is 11.5 Å². The molecule has 1 N–H and O–H groups in total. The van der Waals surface area contributed by atoms with Gasteiger partial charge < -0.3 is 14.8 Å². The Labute approximate surface area is 194 Å². The molecule has 0 amide bonds. The zero-order valence-electron chi connectivity index (χ0n) is 19.1. The molecule has 8 heteroatoms. The Kier molecular flexibility index (Phi) is 7.40. The van der Waals surface area contributed by atoms with E-state index < -0.39 is 0 Å². The van der Waals surface area contributed by atoms with Gasteiger partial charge in [-0.1, -0.05) is 38.1 Å². The Bertz CT molecular complexity index is 1000. The van der Waals surface area contributed by atoms with Crippen LogP contribution in [-0.4, -0.2) is 39.5 Å². The summed E-state index contributed by atoms with van der Waals surface area (Å²) in [5.41, 5.74) is 2.72. The number of Topliss-reactive ketones (excluding diaryl/α,β-unsaturated/α-hetero) is 1. The van der Waals surface area contributed by atoms with Gasteiger partial charge in [0.2, 0.25) is 11.1 Å². The van der Waals surface area contributed by atoms with Crippen LogP contribution in [0.2, 0.25) is 0 Å². The van der Waals surface area contributed by atoms with Crippen molar-refractivity contribution in [2.45, 2.75) is 70.5 Å². The summed E-state index contributed by atoms with van der Waals surface area (Å²) in [4.78, 5) is 17.8. The van der Waals surface area contributed by atoms with Gasteiger partial charge in [0.05, 0.1) is 13.2 Å².